The van der Waals surface area contributed by atoms with Gasteiger partial charge in [-0.3, -0.25) is 0 Å². The molecule has 20 heavy (non-hydrogen) atoms. The van der Waals surface area contributed by atoms with Gasteiger partial charge in [0, 0.05) is 22.0 Å². The highest BCUT2D eigenvalue weighted by Crippen LogP contribution is 2.29. The van der Waals surface area contributed by atoms with Gasteiger partial charge in [-0.15, -0.1) is 11.3 Å². The van der Waals surface area contributed by atoms with Crippen LogP contribution in [0.2, 0.25) is 5.02 Å². The number of nitrogens with zero attached hydrogens (tertiary/aromatic N) is 1. The van der Waals surface area contributed by atoms with Crippen molar-refractivity contribution < 1.29 is 0 Å². The molecular formula is C16H21ClN2S. The molecule has 0 aliphatic rings. The van der Waals surface area contributed by atoms with Crippen LogP contribution >= 0.6 is 22.9 Å². The van der Waals surface area contributed by atoms with E-state index >= 15 is 0 Å². The van der Waals surface area contributed by atoms with E-state index in [2.05, 4.69) is 19.2 Å². The van der Waals surface area contributed by atoms with E-state index in [1.807, 2.05) is 24.3 Å². The zero-order valence-corrected chi connectivity index (χ0v) is 13.7. The van der Waals surface area contributed by atoms with E-state index in [4.69, 9.17) is 16.6 Å². The molecule has 2 rings (SSSR count). The molecule has 0 fully saturated rings. The lowest BCUT2D eigenvalue weighted by Crippen LogP contribution is -2.14. The summed E-state index contributed by atoms with van der Waals surface area (Å²) in [5.74, 6) is 0. The number of halogens is 1. The molecule has 0 bridgehead atoms. The largest absolute Gasteiger partial charge is 0.312 e. The van der Waals surface area contributed by atoms with Crippen LogP contribution in [0.4, 0.5) is 0 Å². The van der Waals surface area contributed by atoms with Crippen molar-refractivity contribution in [3.05, 3.63) is 39.9 Å². The van der Waals surface area contributed by atoms with Gasteiger partial charge < -0.3 is 5.32 Å². The van der Waals surface area contributed by atoms with Gasteiger partial charge in [0.15, 0.2) is 0 Å². The van der Waals surface area contributed by atoms with E-state index in [9.17, 15) is 0 Å². The van der Waals surface area contributed by atoms with Gasteiger partial charge in [-0.05, 0) is 31.5 Å². The minimum atomic E-state index is 0.766. The first-order chi connectivity index (χ1) is 9.74. The van der Waals surface area contributed by atoms with Crippen molar-refractivity contribution >= 4 is 22.9 Å². The lowest BCUT2D eigenvalue weighted by molar-refractivity contribution is 0.642. The fraction of sp³-hybridized carbons (Fsp3) is 0.438. The maximum Gasteiger partial charge on any atom is 0.123 e. The number of hydrogen-bond acceptors (Lipinski definition) is 3. The monoisotopic (exact) mass is 308 g/mol. The fourth-order valence-electron chi connectivity index (χ4n) is 2.02. The number of rotatable bonds is 7. The van der Waals surface area contributed by atoms with Crippen molar-refractivity contribution in [3.63, 3.8) is 0 Å². The third kappa shape index (κ3) is 4.05. The van der Waals surface area contributed by atoms with Crippen molar-refractivity contribution in [1.82, 2.24) is 10.3 Å². The Morgan fingerprint density at radius 1 is 1.20 bits per heavy atom. The summed E-state index contributed by atoms with van der Waals surface area (Å²) in [6.07, 6.45) is 3.44. The first-order valence-corrected chi connectivity index (χ1v) is 8.39. The Bertz CT molecular complexity index is 534. The molecule has 1 N–H and O–H groups in total. The Hall–Kier alpha value is -0.900. The second-order valence-corrected chi connectivity index (χ2v) is 6.30. The van der Waals surface area contributed by atoms with Gasteiger partial charge in [-0.25, -0.2) is 4.98 Å². The average Bonchev–Trinajstić information content (AvgIpc) is 2.87. The molecule has 0 saturated carbocycles. The second-order valence-electron chi connectivity index (χ2n) is 4.78. The number of benzene rings is 1. The molecule has 1 aromatic carbocycles. The van der Waals surface area contributed by atoms with Crippen LogP contribution in [0, 0.1) is 0 Å². The summed E-state index contributed by atoms with van der Waals surface area (Å²) in [5.41, 5.74) is 2.36. The van der Waals surface area contributed by atoms with Crippen LogP contribution in [0.3, 0.4) is 0 Å². The zero-order chi connectivity index (χ0) is 14.4. The van der Waals surface area contributed by atoms with Gasteiger partial charge in [0.25, 0.3) is 0 Å². The van der Waals surface area contributed by atoms with Crippen molar-refractivity contribution in [2.24, 2.45) is 0 Å². The lowest BCUT2D eigenvalue weighted by Gasteiger charge is -2.02. The van der Waals surface area contributed by atoms with E-state index in [0.29, 0.717) is 0 Å². The molecule has 2 aromatic rings. The quantitative estimate of drug-likeness (QED) is 0.735. The lowest BCUT2D eigenvalue weighted by atomic mass is 10.2. The van der Waals surface area contributed by atoms with E-state index in [0.717, 1.165) is 35.1 Å². The zero-order valence-electron chi connectivity index (χ0n) is 12.1. The van der Waals surface area contributed by atoms with E-state index in [1.54, 1.807) is 11.3 Å². The van der Waals surface area contributed by atoms with Crippen molar-refractivity contribution in [1.29, 1.82) is 0 Å². The number of hydrogen-bond donors (Lipinski definition) is 1. The van der Waals surface area contributed by atoms with Crippen LogP contribution in [-0.2, 0) is 13.0 Å². The topological polar surface area (TPSA) is 24.9 Å². The van der Waals surface area contributed by atoms with Gasteiger partial charge >= 0.3 is 0 Å². The number of aryl methyl sites for hydroxylation is 1. The minimum Gasteiger partial charge on any atom is -0.312 e. The van der Waals surface area contributed by atoms with Crippen LogP contribution in [0.1, 0.15) is 37.3 Å². The summed E-state index contributed by atoms with van der Waals surface area (Å²) in [7, 11) is 0. The third-order valence-corrected chi connectivity index (χ3v) is 4.60. The number of unbranched alkanes of at least 4 members (excludes halogenated alkanes) is 1. The van der Waals surface area contributed by atoms with E-state index in [-0.39, 0.29) is 0 Å². The Labute approximate surface area is 130 Å². The normalized spacial score (nSPS) is 10.9. The van der Waals surface area contributed by atoms with Crippen molar-refractivity contribution in [2.45, 2.75) is 39.7 Å². The molecule has 4 heteroatoms. The molecule has 0 aliphatic heterocycles. The van der Waals surface area contributed by atoms with Crippen LogP contribution in [-0.4, -0.2) is 11.5 Å². The van der Waals surface area contributed by atoms with Crippen LogP contribution < -0.4 is 5.32 Å². The maximum atomic E-state index is 5.93. The smallest absolute Gasteiger partial charge is 0.123 e. The summed E-state index contributed by atoms with van der Waals surface area (Å²) in [6.45, 7) is 6.38. The Morgan fingerprint density at radius 2 is 1.95 bits per heavy atom. The molecule has 0 unspecified atom stereocenters. The van der Waals surface area contributed by atoms with Gasteiger partial charge in [-0.1, -0.05) is 44.0 Å². The minimum absolute atomic E-state index is 0.766. The summed E-state index contributed by atoms with van der Waals surface area (Å²) in [5, 5.41) is 5.36. The Morgan fingerprint density at radius 3 is 2.60 bits per heavy atom. The highest BCUT2D eigenvalue weighted by Gasteiger charge is 2.10. The van der Waals surface area contributed by atoms with Crippen molar-refractivity contribution in [3.8, 4) is 10.6 Å². The molecule has 0 atom stereocenters. The molecule has 1 aromatic heterocycles. The van der Waals surface area contributed by atoms with Gasteiger partial charge in [0.2, 0.25) is 0 Å². The molecule has 0 saturated heterocycles. The fourth-order valence-corrected chi connectivity index (χ4v) is 3.27. The molecule has 1 heterocycles. The predicted octanol–water partition coefficient (Wildman–Crippen LogP) is 4.92. The molecular weight excluding hydrogens is 288 g/mol. The SMILES string of the molecule is CCCCNCc1sc(-c2ccc(Cl)cc2)nc1CC. The van der Waals surface area contributed by atoms with E-state index < -0.39 is 0 Å². The Kier molecular flexibility index (Phi) is 6.02. The molecule has 0 amide bonds. The first-order valence-electron chi connectivity index (χ1n) is 7.19. The van der Waals surface area contributed by atoms with Gasteiger partial charge in [0.05, 0.1) is 5.69 Å². The number of aromatic nitrogens is 1. The molecule has 0 spiro atoms. The Balaban J connectivity index is 2.11. The van der Waals surface area contributed by atoms with Crippen LogP contribution in [0.5, 0.6) is 0 Å². The maximum absolute atomic E-state index is 5.93. The summed E-state index contributed by atoms with van der Waals surface area (Å²) < 4.78 is 0. The summed E-state index contributed by atoms with van der Waals surface area (Å²) in [4.78, 5) is 6.12. The average molecular weight is 309 g/mol. The summed E-state index contributed by atoms with van der Waals surface area (Å²) in [6, 6.07) is 7.91. The molecule has 0 radical (unpaired) electrons. The summed E-state index contributed by atoms with van der Waals surface area (Å²) >= 11 is 7.72. The highest BCUT2D eigenvalue weighted by atomic mass is 35.5. The van der Waals surface area contributed by atoms with Gasteiger partial charge in [0.1, 0.15) is 5.01 Å². The standard InChI is InChI=1S/C16H21ClN2S/c1-3-5-10-18-11-15-14(4-2)19-16(20-15)12-6-8-13(17)9-7-12/h6-9,18H,3-5,10-11H2,1-2H3. The predicted molar refractivity (Wildman–Crippen MR) is 88.6 cm³/mol. The molecule has 108 valence electrons. The first kappa shape index (κ1) is 15.5. The second kappa shape index (κ2) is 7.77. The van der Waals surface area contributed by atoms with Crippen molar-refractivity contribution in [2.75, 3.05) is 6.54 Å². The van der Waals surface area contributed by atoms with Gasteiger partial charge in [-0.2, -0.15) is 0 Å². The van der Waals surface area contributed by atoms with E-state index in [1.165, 1.54) is 23.4 Å². The molecule has 2 nitrogen and oxygen atoms in total. The number of thiazole rings is 1. The third-order valence-electron chi connectivity index (χ3n) is 3.20. The molecule has 0 aliphatic carbocycles. The number of nitrogens with one attached hydrogen (secondary N) is 1. The van der Waals surface area contributed by atoms with Crippen LogP contribution in [0.25, 0.3) is 10.6 Å². The highest BCUT2D eigenvalue weighted by molar-refractivity contribution is 7.15. The van der Waals surface area contributed by atoms with Crippen LogP contribution in [0.15, 0.2) is 24.3 Å².